The second-order valence-electron chi connectivity index (χ2n) is 4.35. The Kier molecular flexibility index (Phi) is 4.26. The molecule has 1 heterocycles. The molecule has 2 rings (SSSR count). The molecule has 4 heteroatoms. The van der Waals surface area contributed by atoms with Crippen LogP contribution >= 0.6 is 0 Å². The monoisotopic (exact) mass is 256 g/mol. The Morgan fingerprint density at radius 3 is 2.63 bits per heavy atom. The van der Waals surface area contributed by atoms with Gasteiger partial charge in [-0.2, -0.15) is 0 Å². The molecule has 0 spiro atoms. The SMILES string of the molecule is Cc1ccc(C(O)C(=O)NCc2ccccn2)cc1. The predicted octanol–water partition coefficient (Wildman–Crippen LogP) is 1.74. The van der Waals surface area contributed by atoms with Crippen molar-refractivity contribution in [3.8, 4) is 0 Å². The predicted molar refractivity (Wildman–Crippen MR) is 72.2 cm³/mol. The third-order valence-electron chi connectivity index (χ3n) is 2.81. The molecule has 2 N–H and O–H groups in total. The van der Waals surface area contributed by atoms with Gasteiger partial charge in [-0.15, -0.1) is 0 Å². The van der Waals surface area contributed by atoms with Crippen molar-refractivity contribution >= 4 is 5.91 Å². The number of nitrogens with zero attached hydrogens (tertiary/aromatic N) is 1. The number of aromatic nitrogens is 1. The van der Waals surface area contributed by atoms with Gasteiger partial charge in [-0.25, -0.2) is 0 Å². The van der Waals surface area contributed by atoms with Crippen LogP contribution in [-0.4, -0.2) is 16.0 Å². The molecule has 2 aromatic rings. The fraction of sp³-hybridized carbons (Fsp3) is 0.200. The summed E-state index contributed by atoms with van der Waals surface area (Å²) in [4.78, 5) is 15.9. The van der Waals surface area contributed by atoms with Gasteiger partial charge in [0.2, 0.25) is 0 Å². The zero-order valence-electron chi connectivity index (χ0n) is 10.7. The number of nitrogens with one attached hydrogen (secondary N) is 1. The lowest BCUT2D eigenvalue weighted by atomic mass is 10.1. The lowest BCUT2D eigenvalue weighted by Gasteiger charge is -2.11. The van der Waals surface area contributed by atoms with Gasteiger partial charge in [-0.05, 0) is 24.6 Å². The smallest absolute Gasteiger partial charge is 0.253 e. The maximum atomic E-state index is 11.8. The summed E-state index contributed by atoms with van der Waals surface area (Å²) in [6.07, 6.45) is 0.516. The number of carbonyl (C=O) groups is 1. The molecule has 0 aliphatic heterocycles. The molecule has 4 nitrogen and oxygen atoms in total. The highest BCUT2D eigenvalue weighted by Gasteiger charge is 2.16. The van der Waals surface area contributed by atoms with Crippen LogP contribution in [0.5, 0.6) is 0 Å². The number of benzene rings is 1. The van der Waals surface area contributed by atoms with Crippen molar-refractivity contribution in [3.63, 3.8) is 0 Å². The Hall–Kier alpha value is -2.20. The number of aryl methyl sites for hydroxylation is 1. The first-order valence-corrected chi connectivity index (χ1v) is 6.09. The van der Waals surface area contributed by atoms with E-state index in [1.807, 2.05) is 37.3 Å². The number of carbonyl (C=O) groups excluding carboxylic acids is 1. The Bertz CT molecular complexity index is 538. The number of hydrogen-bond acceptors (Lipinski definition) is 3. The summed E-state index contributed by atoms with van der Waals surface area (Å²) in [5, 5.41) is 12.6. The second-order valence-corrected chi connectivity index (χ2v) is 4.35. The zero-order valence-corrected chi connectivity index (χ0v) is 10.7. The summed E-state index contributed by atoms with van der Waals surface area (Å²) in [6, 6.07) is 12.7. The quantitative estimate of drug-likeness (QED) is 0.876. The fourth-order valence-electron chi connectivity index (χ4n) is 1.68. The van der Waals surface area contributed by atoms with E-state index in [4.69, 9.17) is 0 Å². The van der Waals surface area contributed by atoms with E-state index in [2.05, 4.69) is 10.3 Å². The van der Waals surface area contributed by atoms with Crippen LogP contribution in [0.25, 0.3) is 0 Å². The average molecular weight is 256 g/mol. The van der Waals surface area contributed by atoms with Crippen molar-refractivity contribution in [1.29, 1.82) is 0 Å². The molecule has 0 bridgehead atoms. The van der Waals surface area contributed by atoms with E-state index in [9.17, 15) is 9.90 Å². The third-order valence-corrected chi connectivity index (χ3v) is 2.81. The molecule has 1 aromatic heterocycles. The molecule has 1 amide bonds. The average Bonchev–Trinajstić information content (AvgIpc) is 2.46. The van der Waals surface area contributed by atoms with Gasteiger partial charge < -0.3 is 10.4 Å². The van der Waals surface area contributed by atoms with Gasteiger partial charge >= 0.3 is 0 Å². The molecular weight excluding hydrogens is 240 g/mol. The summed E-state index contributed by atoms with van der Waals surface area (Å²) in [5.41, 5.74) is 2.43. The van der Waals surface area contributed by atoms with E-state index in [0.29, 0.717) is 12.1 Å². The standard InChI is InChI=1S/C15H16N2O2/c1-11-5-7-12(8-6-11)14(18)15(19)17-10-13-4-2-3-9-16-13/h2-9,14,18H,10H2,1H3,(H,17,19). The summed E-state index contributed by atoms with van der Waals surface area (Å²) >= 11 is 0. The maximum absolute atomic E-state index is 11.8. The summed E-state index contributed by atoms with van der Waals surface area (Å²) < 4.78 is 0. The number of pyridine rings is 1. The van der Waals surface area contributed by atoms with Gasteiger partial charge in [0.25, 0.3) is 5.91 Å². The molecule has 98 valence electrons. The van der Waals surface area contributed by atoms with Gasteiger partial charge in [0.05, 0.1) is 12.2 Å². The molecule has 0 radical (unpaired) electrons. The fourth-order valence-corrected chi connectivity index (χ4v) is 1.68. The van der Waals surface area contributed by atoms with E-state index in [0.717, 1.165) is 11.3 Å². The Labute approximate surface area is 112 Å². The van der Waals surface area contributed by atoms with Crippen LogP contribution in [0, 0.1) is 6.92 Å². The normalized spacial score (nSPS) is 11.9. The maximum Gasteiger partial charge on any atom is 0.253 e. The van der Waals surface area contributed by atoms with Crippen LogP contribution in [0.4, 0.5) is 0 Å². The van der Waals surface area contributed by atoms with Crippen LogP contribution in [0.2, 0.25) is 0 Å². The number of aliphatic hydroxyl groups excluding tert-OH is 1. The molecule has 1 aromatic carbocycles. The first-order chi connectivity index (χ1) is 9.16. The summed E-state index contributed by atoms with van der Waals surface area (Å²) in [7, 11) is 0. The molecule has 1 unspecified atom stereocenters. The molecule has 0 aliphatic rings. The van der Waals surface area contributed by atoms with E-state index >= 15 is 0 Å². The van der Waals surface area contributed by atoms with Crippen LogP contribution in [0.15, 0.2) is 48.7 Å². The molecule has 19 heavy (non-hydrogen) atoms. The highest BCUT2D eigenvalue weighted by Crippen LogP contribution is 2.13. The van der Waals surface area contributed by atoms with Crippen LogP contribution in [0.3, 0.4) is 0 Å². The van der Waals surface area contributed by atoms with Crippen LogP contribution < -0.4 is 5.32 Å². The first kappa shape index (κ1) is 13.2. The highest BCUT2D eigenvalue weighted by molar-refractivity contribution is 5.81. The van der Waals surface area contributed by atoms with Gasteiger partial charge in [0.1, 0.15) is 0 Å². The zero-order chi connectivity index (χ0) is 13.7. The highest BCUT2D eigenvalue weighted by atomic mass is 16.3. The van der Waals surface area contributed by atoms with Crippen molar-refractivity contribution in [3.05, 3.63) is 65.5 Å². The van der Waals surface area contributed by atoms with E-state index in [-0.39, 0.29) is 0 Å². The van der Waals surface area contributed by atoms with Crippen molar-refractivity contribution in [2.75, 3.05) is 0 Å². The molecule has 0 saturated heterocycles. The van der Waals surface area contributed by atoms with Gasteiger partial charge in [0, 0.05) is 6.20 Å². The lowest BCUT2D eigenvalue weighted by molar-refractivity contribution is -0.129. The van der Waals surface area contributed by atoms with Gasteiger partial charge in [-0.3, -0.25) is 9.78 Å². The van der Waals surface area contributed by atoms with Crippen molar-refractivity contribution in [2.24, 2.45) is 0 Å². The van der Waals surface area contributed by atoms with E-state index in [1.165, 1.54) is 0 Å². The van der Waals surface area contributed by atoms with Gasteiger partial charge in [-0.1, -0.05) is 35.9 Å². The van der Waals surface area contributed by atoms with Crippen molar-refractivity contribution < 1.29 is 9.90 Å². The largest absolute Gasteiger partial charge is 0.378 e. The minimum absolute atomic E-state index is 0.308. The number of rotatable bonds is 4. The summed E-state index contributed by atoms with van der Waals surface area (Å²) in [6.45, 7) is 2.26. The van der Waals surface area contributed by atoms with Gasteiger partial charge in [0.15, 0.2) is 6.10 Å². The third kappa shape index (κ3) is 3.63. The topological polar surface area (TPSA) is 62.2 Å². The first-order valence-electron chi connectivity index (χ1n) is 6.09. The van der Waals surface area contributed by atoms with E-state index in [1.54, 1.807) is 18.3 Å². The Morgan fingerprint density at radius 2 is 2.00 bits per heavy atom. The van der Waals surface area contributed by atoms with Crippen LogP contribution in [0.1, 0.15) is 22.9 Å². The van der Waals surface area contributed by atoms with E-state index < -0.39 is 12.0 Å². The second kappa shape index (κ2) is 6.11. The molecule has 0 aliphatic carbocycles. The number of hydrogen-bond donors (Lipinski definition) is 2. The molecule has 0 saturated carbocycles. The van der Waals surface area contributed by atoms with Crippen LogP contribution in [-0.2, 0) is 11.3 Å². The molecule has 1 atom stereocenters. The minimum Gasteiger partial charge on any atom is -0.378 e. The van der Waals surface area contributed by atoms with Crippen molar-refractivity contribution in [1.82, 2.24) is 10.3 Å². The Morgan fingerprint density at radius 1 is 1.26 bits per heavy atom. The summed E-state index contributed by atoms with van der Waals surface area (Å²) in [5.74, 6) is -0.422. The lowest BCUT2D eigenvalue weighted by Crippen LogP contribution is -2.29. The van der Waals surface area contributed by atoms with Crippen molar-refractivity contribution in [2.45, 2.75) is 19.6 Å². The molecular formula is C15H16N2O2. The minimum atomic E-state index is -1.15. The number of amides is 1. The number of aliphatic hydroxyl groups is 1. The molecule has 0 fully saturated rings. The Balaban J connectivity index is 1.94.